The van der Waals surface area contributed by atoms with Crippen LogP contribution >= 0.6 is 0 Å². The number of ether oxygens (including phenoxy) is 2. The Kier molecular flexibility index (Phi) is 5.70. The maximum absolute atomic E-state index is 12.1. The molecule has 1 heterocycles. The minimum atomic E-state index is -0.952. The monoisotopic (exact) mass is 321 g/mol. The van der Waals surface area contributed by atoms with Gasteiger partial charge in [0.15, 0.2) is 0 Å². The van der Waals surface area contributed by atoms with Crippen LogP contribution in [0.1, 0.15) is 29.9 Å². The molecule has 0 aliphatic carbocycles. The first-order valence-corrected chi connectivity index (χ1v) is 7.31. The van der Waals surface area contributed by atoms with Crippen molar-refractivity contribution < 1.29 is 29.0 Å². The molecule has 0 saturated carbocycles. The van der Waals surface area contributed by atoms with E-state index in [2.05, 4.69) is 5.32 Å². The third-order valence-corrected chi connectivity index (χ3v) is 3.59. The van der Waals surface area contributed by atoms with Gasteiger partial charge in [0.25, 0.3) is 0 Å². The summed E-state index contributed by atoms with van der Waals surface area (Å²) in [6.07, 6.45) is 0.484. The molecule has 1 aliphatic heterocycles. The van der Waals surface area contributed by atoms with E-state index >= 15 is 0 Å². The van der Waals surface area contributed by atoms with Gasteiger partial charge in [-0.15, -0.1) is 0 Å². The van der Waals surface area contributed by atoms with Gasteiger partial charge in [0, 0.05) is 19.1 Å². The van der Waals surface area contributed by atoms with Gasteiger partial charge in [-0.25, -0.2) is 0 Å². The number of imide groups is 1. The summed E-state index contributed by atoms with van der Waals surface area (Å²) >= 11 is 0. The molecule has 7 nitrogen and oxygen atoms in total. The molecule has 1 unspecified atom stereocenters. The summed E-state index contributed by atoms with van der Waals surface area (Å²) in [4.78, 5) is 34.3. The topological polar surface area (TPSA) is 102 Å². The van der Waals surface area contributed by atoms with Crippen LogP contribution in [0, 0.1) is 0 Å². The van der Waals surface area contributed by atoms with Gasteiger partial charge in [0.1, 0.15) is 12.4 Å². The highest BCUT2D eigenvalue weighted by molar-refractivity contribution is 6.01. The molecule has 1 aromatic carbocycles. The van der Waals surface area contributed by atoms with Crippen molar-refractivity contribution in [2.24, 2.45) is 0 Å². The van der Waals surface area contributed by atoms with Gasteiger partial charge < -0.3 is 14.6 Å². The Morgan fingerprint density at radius 2 is 2.13 bits per heavy atom. The maximum Gasteiger partial charge on any atom is 0.307 e. The first-order valence-electron chi connectivity index (χ1n) is 7.31. The first-order chi connectivity index (χ1) is 11.0. The molecule has 0 bridgehead atoms. The molecule has 7 heteroatoms. The van der Waals surface area contributed by atoms with Crippen molar-refractivity contribution in [2.75, 3.05) is 20.3 Å². The number of carbonyl (C=O) groups is 3. The van der Waals surface area contributed by atoms with Gasteiger partial charge in [0.05, 0.1) is 18.9 Å². The summed E-state index contributed by atoms with van der Waals surface area (Å²) in [6.45, 7) is 0.709. The number of hydrogen-bond donors (Lipinski definition) is 2. The van der Waals surface area contributed by atoms with E-state index in [0.717, 1.165) is 0 Å². The molecule has 0 radical (unpaired) electrons. The maximum atomic E-state index is 12.1. The molecule has 0 aromatic heterocycles. The highest BCUT2D eigenvalue weighted by Crippen LogP contribution is 2.33. The number of aliphatic carboxylic acids is 1. The third kappa shape index (κ3) is 4.53. The minimum absolute atomic E-state index is 0.140. The second kappa shape index (κ2) is 7.73. The summed E-state index contributed by atoms with van der Waals surface area (Å²) in [6, 6.07) is 4.98. The van der Waals surface area contributed by atoms with Crippen molar-refractivity contribution in [2.45, 2.75) is 25.2 Å². The lowest BCUT2D eigenvalue weighted by molar-refractivity contribution is -0.136. The number of nitrogens with one attached hydrogen (secondary N) is 1. The molecule has 1 aromatic rings. The second-order valence-corrected chi connectivity index (χ2v) is 5.29. The van der Waals surface area contributed by atoms with Crippen molar-refractivity contribution in [3.05, 3.63) is 29.3 Å². The molecule has 1 fully saturated rings. The lowest BCUT2D eigenvalue weighted by Crippen LogP contribution is -2.39. The molecule has 0 spiro atoms. The van der Waals surface area contributed by atoms with Crippen LogP contribution in [-0.4, -0.2) is 43.2 Å². The molecule has 1 aliphatic rings. The first kappa shape index (κ1) is 17.0. The zero-order chi connectivity index (χ0) is 16.8. The van der Waals surface area contributed by atoms with E-state index in [1.165, 1.54) is 0 Å². The van der Waals surface area contributed by atoms with Crippen molar-refractivity contribution in [1.82, 2.24) is 5.32 Å². The summed E-state index contributed by atoms with van der Waals surface area (Å²) in [5.41, 5.74) is 1.18. The Labute approximate surface area is 133 Å². The minimum Gasteiger partial charge on any atom is -0.491 e. The number of carbonyl (C=O) groups excluding carboxylic acids is 2. The van der Waals surface area contributed by atoms with Gasteiger partial charge in [-0.2, -0.15) is 0 Å². The van der Waals surface area contributed by atoms with E-state index in [0.29, 0.717) is 36.5 Å². The zero-order valence-corrected chi connectivity index (χ0v) is 12.8. The number of amides is 2. The Morgan fingerprint density at radius 3 is 2.78 bits per heavy atom. The average molecular weight is 321 g/mol. The Morgan fingerprint density at radius 1 is 1.35 bits per heavy atom. The Bertz CT molecular complexity index is 613. The van der Waals surface area contributed by atoms with Crippen LogP contribution < -0.4 is 10.1 Å². The van der Waals surface area contributed by atoms with E-state index in [1.807, 2.05) is 0 Å². The van der Waals surface area contributed by atoms with Crippen LogP contribution in [0.3, 0.4) is 0 Å². The lowest BCUT2D eigenvalue weighted by Gasteiger charge is -2.23. The van der Waals surface area contributed by atoms with Crippen LogP contribution in [0.4, 0.5) is 0 Å². The standard InChI is InChI=1S/C16H19NO6/c1-22-6-7-23-13-4-2-10(9-15(19)20)8-12(13)11-3-5-14(18)17-16(11)21/h2,4,8,11H,3,5-7,9H2,1H3,(H,19,20)(H,17,18,21). The third-order valence-electron chi connectivity index (χ3n) is 3.59. The number of carboxylic acid groups (broad SMARTS) is 1. The Balaban J connectivity index is 2.29. The van der Waals surface area contributed by atoms with Crippen LogP contribution in [0.15, 0.2) is 18.2 Å². The van der Waals surface area contributed by atoms with E-state index in [4.69, 9.17) is 14.6 Å². The summed E-state index contributed by atoms with van der Waals surface area (Å²) < 4.78 is 10.6. The van der Waals surface area contributed by atoms with E-state index in [-0.39, 0.29) is 24.7 Å². The lowest BCUT2D eigenvalue weighted by atomic mass is 9.88. The van der Waals surface area contributed by atoms with Crippen molar-refractivity contribution in [3.8, 4) is 5.75 Å². The van der Waals surface area contributed by atoms with Gasteiger partial charge in [-0.1, -0.05) is 12.1 Å². The predicted octanol–water partition coefficient (Wildman–Crippen LogP) is 0.859. The van der Waals surface area contributed by atoms with Crippen LogP contribution in [0.5, 0.6) is 5.75 Å². The normalized spacial score (nSPS) is 17.7. The fourth-order valence-corrected chi connectivity index (χ4v) is 2.51. The molecule has 23 heavy (non-hydrogen) atoms. The SMILES string of the molecule is COCCOc1ccc(CC(=O)O)cc1C1CCC(=O)NC1=O. The molecule has 1 saturated heterocycles. The molecular weight excluding hydrogens is 302 g/mol. The van der Waals surface area contributed by atoms with Gasteiger partial charge >= 0.3 is 5.97 Å². The van der Waals surface area contributed by atoms with E-state index in [1.54, 1.807) is 25.3 Å². The van der Waals surface area contributed by atoms with Gasteiger partial charge in [0.2, 0.25) is 11.8 Å². The molecule has 124 valence electrons. The fraction of sp³-hybridized carbons (Fsp3) is 0.438. The molecule has 2 rings (SSSR count). The van der Waals surface area contributed by atoms with Crippen molar-refractivity contribution in [1.29, 1.82) is 0 Å². The van der Waals surface area contributed by atoms with Crippen LogP contribution in [-0.2, 0) is 25.5 Å². The number of methoxy groups -OCH3 is 1. The largest absolute Gasteiger partial charge is 0.491 e. The quantitative estimate of drug-likeness (QED) is 0.570. The number of hydrogen-bond acceptors (Lipinski definition) is 5. The summed E-state index contributed by atoms with van der Waals surface area (Å²) in [7, 11) is 1.56. The zero-order valence-electron chi connectivity index (χ0n) is 12.8. The fourth-order valence-electron chi connectivity index (χ4n) is 2.51. The van der Waals surface area contributed by atoms with Crippen LogP contribution in [0.25, 0.3) is 0 Å². The molecule has 2 amide bonds. The van der Waals surface area contributed by atoms with E-state index < -0.39 is 11.9 Å². The van der Waals surface area contributed by atoms with Gasteiger partial charge in [-0.05, 0) is 18.1 Å². The average Bonchev–Trinajstić information content (AvgIpc) is 2.48. The number of piperidine rings is 1. The Hall–Kier alpha value is -2.41. The van der Waals surface area contributed by atoms with Crippen LogP contribution in [0.2, 0.25) is 0 Å². The van der Waals surface area contributed by atoms with Gasteiger partial charge in [-0.3, -0.25) is 19.7 Å². The number of carboxylic acids is 1. The molecular formula is C16H19NO6. The van der Waals surface area contributed by atoms with E-state index in [9.17, 15) is 14.4 Å². The predicted molar refractivity (Wildman–Crippen MR) is 80.3 cm³/mol. The molecule has 1 atom stereocenters. The number of rotatable bonds is 7. The second-order valence-electron chi connectivity index (χ2n) is 5.29. The summed E-state index contributed by atoms with van der Waals surface area (Å²) in [5.74, 6) is -1.66. The summed E-state index contributed by atoms with van der Waals surface area (Å²) in [5, 5.41) is 11.2. The molecule has 2 N–H and O–H groups in total. The highest BCUT2D eigenvalue weighted by atomic mass is 16.5. The number of benzene rings is 1. The van der Waals surface area contributed by atoms with Crippen molar-refractivity contribution in [3.63, 3.8) is 0 Å². The smallest absolute Gasteiger partial charge is 0.307 e. The highest BCUT2D eigenvalue weighted by Gasteiger charge is 2.30. The van der Waals surface area contributed by atoms with Crippen molar-refractivity contribution >= 4 is 17.8 Å².